The van der Waals surface area contributed by atoms with E-state index >= 15 is 0 Å². The Kier molecular flexibility index (Phi) is 3.01. The van der Waals surface area contributed by atoms with Gasteiger partial charge in [0.1, 0.15) is 6.26 Å². The maximum atomic E-state index is 11.9. The van der Waals surface area contributed by atoms with E-state index in [9.17, 15) is 4.79 Å². The topological polar surface area (TPSA) is 72.4 Å². The Balaban J connectivity index is 2.01. The van der Waals surface area contributed by atoms with E-state index in [1.165, 1.54) is 6.26 Å². The lowest BCUT2D eigenvalue weighted by Crippen LogP contribution is -2.42. The summed E-state index contributed by atoms with van der Waals surface area (Å²) in [6.07, 6.45) is 3.54. The molecule has 0 saturated carbocycles. The van der Waals surface area contributed by atoms with Gasteiger partial charge in [-0.1, -0.05) is 5.16 Å². The van der Waals surface area contributed by atoms with Crippen LogP contribution in [0.4, 0.5) is 0 Å². The van der Waals surface area contributed by atoms with Crippen LogP contribution in [0.3, 0.4) is 0 Å². The molecule has 15 heavy (non-hydrogen) atoms. The quantitative estimate of drug-likeness (QED) is 0.769. The first-order chi connectivity index (χ1) is 7.31. The fraction of sp³-hybridized carbons (Fsp3) is 0.600. The van der Waals surface area contributed by atoms with Gasteiger partial charge in [0.2, 0.25) is 0 Å². The van der Waals surface area contributed by atoms with E-state index in [2.05, 4.69) is 9.68 Å². The van der Waals surface area contributed by atoms with Crippen LogP contribution in [0.5, 0.6) is 0 Å². The number of nitrogens with two attached hydrogens (primary N) is 1. The predicted octanol–water partition coefficient (Wildman–Crippen LogP) is 0.486. The van der Waals surface area contributed by atoms with Gasteiger partial charge in [-0.25, -0.2) is 0 Å². The van der Waals surface area contributed by atoms with Gasteiger partial charge in [-0.15, -0.1) is 0 Å². The molecule has 2 heterocycles. The lowest BCUT2D eigenvalue weighted by molar-refractivity contribution is 0.0667. The summed E-state index contributed by atoms with van der Waals surface area (Å²) in [4.78, 5) is 13.7. The largest absolute Gasteiger partial charge is 0.364 e. The van der Waals surface area contributed by atoms with Gasteiger partial charge in [-0.3, -0.25) is 4.79 Å². The van der Waals surface area contributed by atoms with Gasteiger partial charge < -0.3 is 15.2 Å². The van der Waals surface area contributed by atoms with E-state index in [1.807, 2.05) is 0 Å². The first-order valence-electron chi connectivity index (χ1n) is 5.21. The molecule has 1 amide bonds. The molecule has 1 aromatic heterocycles. The summed E-state index contributed by atoms with van der Waals surface area (Å²) in [5, 5.41) is 3.64. The van der Waals surface area contributed by atoms with E-state index in [1.54, 1.807) is 11.0 Å². The van der Waals surface area contributed by atoms with Gasteiger partial charge in [-0.2, -0.15) is 0 Å². The van der Waals surface area contributed by atoms with E-state index in [0.29, 0.717) is 18.2 Å². The minimum absolute atomic E-state index is 0.0538. The van der Waals surface area contributed by atoms with Gasteiger partial charge in [-0.05, 0) is 25.3 Å². The number of hydrogen-bond donors (Lipinski definition) is 1. The second-order valence-electron chi connectivity index (χ2n) is 3.88. The molecule has 82 valence electrons. The highest BCUT2D eigenvalue weighted by molar-refractivity contribution is 5.92. The molecule has 1 saturated heterocycles. The van der Waals surface area contributed by atoms with Crippen LogP contribution in [-0.4, -0.2) is 35.6 Å². The number of carbonyl (C=O) groups excluding carboxylic acids is 1. The van der Waals surface area contributed by atoms with Crippen molar-refractivity contribution < 1.29 is 9.32 Å². The van der Waals surface area contributed by atoms with Crippen LogP contribution >= 0.6 is 0 Å². The van der Waals surface area contributed by atoms with Crippen LogP contribution in [0.1, 0.15) is 23.3 Å². The van der Waals surface area contributed by atoms with Crippen LogP contribution in [0, 0.1) is 5.92 Å². The van der Waals surface area contributed by atoms with Crippen LogP contribution < -0.4 is 5.73 Å². The first-order valence-corrected chi connectivity index (χ1v) is 5.21. The average Bonchev–Trinajstić information content (AvgIpc) is 2.81. The van der Waals surface area contributed by atoms with Crippen molar-refractivity contribution >= 4 is 5.91 Å². The minimum atomic E-state index is -0.0538. The maximum absolute atomic E-state index is 11.9. The Morgan fingerprint density at radius 1 is 1.73 bits per heavy atom. The standard InChI is InChI=1S/C10H15N3O2/c11-6-8-2-1-4-13(7-8)10(14)9-3-5-15-12-9/h3,5,8H,1-2,4,6-7,11H2. The molecule has 1 atom stereocenters. The number of carbonyl (C=O) groups is 1. The third-order valence-electron chi connectivity index (χ3n) is 2.80. The number of nitrogens with zero attached hydrogens (tertiary/aromatic N) is 2. The fourth-order valence-electron chi connectivity index (χ4n) is 1.93. The number of aromatic nitrogens is 1. The van der Waals surface area contributed by atoms with Crippen molar-refractivity contribution in [1.82, 2.24) is 10.1 Å². The number of piperidine rings is 1. The molecule has 1 unspecified atom stereocenters. The van der Waals surface area contributed by atoms with Gasteiger partial charge >= 0.3 is 0 Å². The zero-order chi connectivity index (χ0) is 10.7. The van der Waals surface area contributed by atoms with E-state index in [4.69, 9.17) is 5.73 Å². The van der Waals surface area contributed by atoms with E-state index in [-0.39, 0.29) is 5.91 Å². The van der Waals surface area contributed by atoms with Crippen molar-refractivity contribution in [1.29, 1.82) is 0 Å². The summed E-state index contributed by atoms with van der Waals surface area (Å²) in [5.74, 6) is 0.372. The molecule has 1 aromatic rings. The Morgan fingerprint density at radius 3 is 3.27 bits per heavy atom. The normalized spacial score (nSPS) is 21.7. The first kappa shape index (κ1) is 10.2. The zero-order valence-electron chi connectivity index (χ0n) is 8.56. The lowest BCUT2D eigenvalue weighted by Gasteiger charge is -2.31. The molecule has 2 rings (SSSR count). The summed E-state index contributed by atoms with van der Waals surface area (Å²) in [7, 11) is 0. The van der Waals surface area contributed by atoms with Crippen LogP contribution in [0.15, 0.2) is 16.9 Å². The monoisotopic (exact) mass is 209 g/mol. The SMILES string of the molecule is NCC1CCCN(C(=O)c2ccon2)C1. The van der Waals surface area contributed by atoms with Gasteiger partial charge in [0.15, 0.2) is 5.69 Å². The molecule has 0 aromatic carbocycles. The smallest absolute Gasteiger partial charge is 0.276 e. The average molecular weight is 209 g/mol. The van der Waals surface area contributed by atoms with Crippen molar-refractivity contribution in [3.05, 3.63) is 18.0 Å². The molecule has 1 aliphatic heterocycles. The fourth-order valence-corrected chi connectivity index (χ4v) is 1.93. The molecule has 0 radical (unpaired) electrons. The number of amides is 1. The summed E-state index contributed by atoms with van der Waals surface area (Å²) in [6.45, 7) is 2.17. The highest BCUT2D eigenvalue weighted by atomic mass is 16.5. The van der Waals surface area contributed by atoms with Gasteiger partial charge in [0, 0.05) is 19.2 Å². The Hall–Kier alpha value is -1.36. The molecule has 1 fully saturated rings. The molecule has 0 bridgehead atoms. The maximum Gasteiger partial charge on any atom is 0.276 e. The van der Waals surface area contributed by atoms with E-state index < -0.39 is 0 Å². The summed E-state index contributed by atoms with van der Waals surface area (Å²) < 4.78 is 4.66. The van der Waals surface area contributed by atoms with Crippen molar-refractivity contribution in [2.24, 2.45) is 11.7 Å². The number of hydrogen-bond acceptors (Lipinski definition) is 4. The summed E-state index contributed by atoms with van der Waals surface area (Å²) in [6, 6.07) is 1.59. The van der Waals surface area contributed by atoms with Crippen molar-refractivity contribution in [2.45, 2.75) is 12.8 Å². The highest BCUT2D eigenvalue weighted by Gasteiger charge is 2.24. The van der Waals surface area contributed by atoms with Crippen molar-refractivity contribution in [3.63, 3.8) is 0 Å². The van der Waals surface area contributed by atoms with Crippen LogP contribution in [0.25, 0.3) is 0 Å². The lowest BCUT2D eigenvalue weighted by atomic mass is 9.98. The highest BCUT2D eigenvalue weighted by Crippen LogP contribution is 2.16. The molecule has 0 aliphatic carbocycles. The van der Waals surface area contributed by atoms with Crippen LogP contribution in [0.2, 0.25) is 0 Å². The van der Waals surface area contributed by atoms with Crippen LogP contribution in [-0.2, 0) is 0 Å². The second kappa shape index (κ2) is 4.44. The van der Waals surface area contributed by atoms with Gasteiger partial charge in [0.05, 0.1) is 0 Å². The predicted molar refractivity (Wildman–Crippen MR) is 54.2 cm³/mol. The Morgan fingerprint density at radius 2 is 2.60 bits per heavy atom. The number of likely N-dealkylation sites (tertiary alicyclic amines) is 1. The number of rotatable bonds is 2. The van der Waals surface area contributed by atoms with E-state index in [0.717, 1.165) is 25.9 Å². The molecule has 1 aliphatic rings. The second-order valence-corrected chi connectivity index (χ2v) is 3.88. The summed E-state index contributed by atoms with van der Waals surface area (Å²) in [5.41, 5.74) is 5.99. The third kappa shape index (κ3) is 2.18. The molecule has 5 nitrogen and oxygen atoms in total. The minimum Gasteiger partial charge on any atom is -0.364 e. The Bertz CT molecular complexity index is 323. The molecular weight excluding hydrogens is 194 g/mol. The molecule has 0 spiro atoms. The Labute approximate surface area is 88.2 Å². The van der Waals surface area contributed by atoms with Crippen molar-refractivity contribution in [2.75, 3.05) is 19.6 Å². The molecule has 5 heteroatoms. The molecule has 2 N–H and O–H groups in total. The third-order valence-corrected chi connectivity index (χ3v) is 2.80. The summed E-state index contributed by atoms with van der Waals surface area (Å²) >= 11 is 0. The zero-order valence-corrected chi connectivity index (χ0v) is 8.56. The van der Waals surface area contributed by atoms with Crippen molar-refractivity contribution in [3.8, 4) is 0 Å². The molecular formula is C10H15N3O2. The van der Waals surface area contributed by atoms with Gasteiger partial charge in [0.25, 0.3) is 5.91 Å².